The molecule has 0 nitrogen and oxygen atoms in total. The fourth-order valence-corrected chi connectivity index (χ4v) is 2.68. The van der Waals surface area contributed by atoms with Gasteiger partial charge in [-0.3, -0.25) is 0 Å². The molecule has 1 fully saturated rings. The monoisotopic (exact) mass is 226 g/mol. The van der Waals surface area contributed by atoms with Crippen LogP contribution in [-0.2, 0) is 0 Å². The van der Waals surface area contributed by atoms with E-state index in [-0.39, 0.29) is 0 Å². The number of unbranched alkanes of at least 4 members (excludes halogenated alkanes) is 5. The van der Waals surface area contributed by atoms with Crippen LogP contribution in [0.3, 0.4) is 0 Å². The van der Waals surface area contributed by atoms with Gasteiger partial charge in [0.2, 0.25) is 0 Å². The molecule has 2 atom stereocenters. The highest BCUT2D eigenvalue weighted by molar-refractivity contribution is 4.72. The summed E-state index contributed by atoms with van der Waals surface area (Å²) in [5, 5.41) is 0. The predicted octanol–water partition coefficient (Wildman–Crippen LogP) is 6.20. The Kier molecular flexibility index (Phi) is 11.5. The SMILES string of the molecule is CCC1CCCC1C.CCCCCCCC. The Labute approximate surface area is 104 Å². The molecule has 98 valence electrons. The molecule has 1 aliphatic rings. The van der Waals surface area contributed by atoms with Crippen LogP contribution in [0.4, 0.5) is 0 Å². The minimum atomic E-state index is 1.03. The third-order valence-electron chi connectivity index (χ3n) is 4.02. The first kappa shape index (κ1) is 16.0. The second-order valence-electron chi connectivity index (χ2n) is 5.49. The van der Waals surface area contributed by atoms with Crippen molar-refractivity contribution in [3.63, 3.8) is 0 Å². The van der Waals surface area contributed by atoms with Gasteiger partial charge in [0, 0.05) is 0 Å². The van der Waals surface area contributed by atoms with Crippen molar-refractivity contribution >= 4 is 0 Å². The lowest BCUT2D eigenvalue weighted by Gasteiger charge is -2.10. The Morgan fingerprint density at radius 1 is 0.812 bits per heavy atom. The summed E-state index contributed by atoms with van der Waals surface area (Å²) in [7, 11) is 0. The average Bonchev–Trinajstić information content (AvgIpc) is 2.71. The van der Waals surface area contributed by atoms with Crippen LogP contribution in [0.1, 0.15) is 91.9 Å². The average molecular weight is 226 g/mol. The number of rotatable bonds is 6. The third-order valence-corrected chi connectivity index (χ3v) is 4.02. The molecule has 0 amide bonds. The van der Waals surface area contributed by atoms with Crippen molar-refractivity contribution in [2.24, 2.45) is 11.8 Å². The highest BCUT2D eigenvalue weighted by Crippen LogP contribution is 2.32. The van der Waals surface area contributed by atoms with Gasteiger partial charge in [-0.05, 0) is 11.8 Å². The second-order valence-corrected chi connectivity index (χ2v) is 5.49. The summed E-state index contributed by atoms with van der Waals surface area (Å²) in [6.45, 7) is 9.21. The van der Waals surface area contributed by atoms with Crippen molar-refractivity contribution in [3.05, 3.63) is 0 Å². The van der Waals surface area contributed by atoms with Gasteiger partial charge in [-0.1, -0.05) is 91.9 Å². The molecule has 0 aromatic heterocycles. The Morgan fingerprint density at radius 2 is 1.38 bits per heavy atom. The van der Waals surface area contributed by atoms with E-state index in [2.05, 4.69) is 27.7 Å². The van der Waals surface area contributed by atoms with E-state index in [1.54, 1.807) is 0 Å². The van der Waals surface area contributed by atoms with Gasteiger partial charge in [0.25, 0.3) is 0 Å². The highest BCUT2D eigenvalue weighted by Gasteiger charge is 2.20. The van der Waals surface area contributed by atoms with Crippen molar-refractivity contribution < 1.29 is 0 Å². The summed E-state index contributed by atoms with van der Waals surface area (Å²) in [6, 6.07) is 0. The van der Waals surface area contributed by atoms with E-state index in [1.165, 1.54) is 64.2 Å². The van der Waals surface area contributed by atoms with Crippen molar-refractivity contribution in [3.8, 4) is 0 Å². The van der Waals surface area contributed by atoms with Crippen LogP contribution in [0.2, 0.25) is 0 Å². The molecule has 1 rings (SSSR count). The van der Waals surface area contributed by atoms with Crippen LogP contribution >= 0.6 is 0 Å². The summed E-state index contributed by atoms with van der Waals surface area (Å²) in [6.07, 6.45) is 14.4. The maximum absolute atomic E-state index is 2.39. The Hall–Kier alpha value is 0. The number of hydrogen-bond donors (Lipinski definition) is 0. The maximum Gasteiger partial charge on any atom is -0.0391 e. The van der Waals surface area contributed by atoms with Gasteiger partial charge in [0.15, 0.2) is 0 Å². The normalized spacial score (nSPS) is 24.0. The van der Waals surface area contributed by atoms with Gasteiger partial charge in [0.1, 0.15) is 0 Å². The van der Waals surface area contributed by atoms with E-state index in [4.69, 9.17) is 0 Å². The molecule has 0 aromatic carbocycles. The molecule has 0 N–H and O–H groups in total. The lowest BCUT2D eigenvalue weighted by atomic mass is 9.96. The quantitative estimate of drug-likeness (QED) is 0.473. The van der Waals surface area contributed by atoms with E-state index in [0.29, 0.717) is 0 Å². The first-order valence-electron chi connectivity index (χ1n) is 7.76. The number of hydrogen-bond acceptors (Lipinski definition) is 0. The standard InChI is InChI=1S/C8H16.C8H18/c1-3-8-6-4-5-7(8)2;1-3-5-7-8-6-4-2/h7-8H,3-6H2,1-2H3;3-8H2,1-2H3. The van der Waals surface area contributed by atoms with Crippen LogP contribution < -0.4 is 0 Å². The fraction of sp³-hybridized carbons (Fsp3) is 1.00. The van der Waals surface area contributed by atoms with Crippen LogP contribution in [0.25, 0.3) is 0 Å². The van der Waals surface area contributed by atoms with Crippen molar-refractivity contribution in [2.75, 3.05) is 0 Å². The molecule has 0 aromatic rings. The molecule has 0 heterocycles. The molecular formula is C16H34. The Bertz CT molecular complexity index is 122. The maximum atomic E-state index is 2.39. The van der Waals surface area contributed by atoms with Gasteiger partial charge in [0.05, 0.1) is 0 Å². The zero-order chi connectivity index (χ0) is 12.2. The summed E-state index contributed by atoms with van der Waals surface area (Å²) < 4.78 is 0. The molecule has 16 heavy (non-hydrogen) atoms. The minimum Gasteiger partial charge on any atom is -0.0654 e. The van der Waals surface area contributed by atoms with Gasteiger partial charge in [-0.15, -0.1) is 0 Å². The van der Waals surface area contributed by atoms with Gasteiger partial charge >= 0.3 is 0 Å². The first-order valence-corrected chi connectivity index (χ1v) is 7.76. The highest BCUT2D eigenvalue weighted by atomic mass is 14.3. The van der Waals surface area contributed by atoms with Crippen LogP contribution in [0.15, 0.2) is 0 Å². The molecule has 0 radical (unpaired) electrons. The third kappa shape index (κ3) is 8.19. The van der Waals surface area contributed by atoms with Crippen LogP contribution in [0.5, 0.6) is 0 Å². The zero-order valence-electron chi connectivity index (χ0n) is 12.2. The molecular weight excluding hydrogens is 192 g/mol. The lowest BCUT2D eigenvalue weighted by molar-refractivity contribution is 0.407. The lowest BCUT2D eigenvalue weighted by Crippen LogP contribution is -2.00. The zero-order valence-corrected chi connectivity index (χ0v) is 12.2. The largest absolute Gasteiger partial charge is 0.0654 e. The van der Waals surface area contributed by atoms with Crippen molar-refractivity contribution in [1.82, 2.24) is 0 Å². The van der Waals surface area contributed by atoms with E-state index in [1.807, 2.05) is 0 Å². The second kappa shape index (κ2) is 11.5. The summed E-state index contributed by atoms with van der Waals surface area (Å²) in [4.78, 5) is 0. The molecule has 2 unspecified atom stereocenters. The predicted molar refractivity (Wildman–Crippen MR) is 75.8 cm³/mol. The molecule has 1 saturated carbocycles. The molecule has 0 bridgehead atoms. The van der Waals surface area contributed by atoms with E-state index >= 15 is 0 Å². The Morgan fingerprint density at radius 3 is 1.62 bits per heavy atom. The van der Waals surface area contributed by atoms with E-state index < -0.39 is 0 Å². The van der Waals surface area contributed by atoms with Gasteiger partial charge < -0.3 is 0 Å². The topological polar surface area (TPSA) is 0 Å². The molecule has 0 spiro atoms. The fourth-order valence-electron chi connectivity index (χ4n) is 2.68. The Balaban J connectivity index is 0.000000281. The van der Waals surface area contributed by atoms with Crippen LogP contribution in [-0.4, -0.2) is 0 Å². The minimum absolute atomic E-state index is 1.03. The molecule has 0 heteroatoms. The first-order chi connectivity index (χ1) is 7.76. The van der Waals surface area contributed by atoms with E-state index in [9.17, 15) is 0 Å². The summed E-state index contributed by atoms with van der Waals surface area (Å²) in [5.41, 5.74) is 0. The van der Waals surface area contributed by atoms with Crippen LogP contribution in [0, 0.1) is 11.8 Å². The molecule has 1 aliphatic carbocycles. The smallest absolute Gasteiger partial charge is 0.0391 e. The molecule has 0 aliphatic heterocycles. The van der Waals surface area contributed by atoms with Gasteiger partial charge in [-0.2, -0.15) is 0 Å². The van der Waals surface area contributed by atoms with Crippen molar-refractivity contribution in [1.29, 1.82) is 0 Å². The van der Waals surface area contributed by atoms with Crippen molar-refractivity contribution in [2.45, 2.75) is 91.9 Å². The van der Waals surface area contributed by atoms with Gasteiger partial charge in [-0.25, -0.2) is 0 Å². The molecule has 0 saturated heterocycles. The van der Waals surface area contributed by atoms with E-state index in [0.717, 1.165) is 11.8 Å². The summed E-state index contributed by atoms with van der Waals surface area (Å²) >= 11 is 0. The summed E-state index contributed by atoms with van der Waals surface area (Å²) in [5.74, 6) is 2.09.